The highest BCUT2D eigenvalue weighted by Crippen LogP contribution is 2.53. The van der Waals surface area contributed by atoms with E-state index in [4.69, 9.17) is 6.11 Å². The summed E-state index contributed by atoms with van der Waals surface area (Å²) in [7, 11) is 0. The van der Waals surface area contributed by atoms with Crippen molar-refractivity contribution in [2.45, 2.75) is 70.4 Å². The first kappa shape index (κ1) is 19.9. The van der Waals surface area contributed by atoms with E-state index in [1.807, 2.05) is 20.0 Å². The van der Waals surface area contributed by atoms with Crippen LogP contribution in [0.2, 0.25) is 0 Å². The lowest BCUT2D eigenvalue weighted by Crippen LogP contribution is -2.59. The number of ether oxygens (including phenoxy) is 1. The molecule has 0 heterocycles. The van der Waals surface area contributed by atoms with E-state index in [9.17, 15) is 18.4 Å². The van der Waals surface area contributed by atoms with Crippen LogP contribution in [0.5, 0.6) is 0 Å². The summed E-state index contributed by atoms with van der Waals surface area (Å²) in [5, 5.41) is 12.7. The molecule has 0 spiro atoms. The van der Waals surface area contributed by atoms with Crippen LogP contribution in [0, 0.1) is 35.1 Å². The van der Waals surface area contributed by atoms with E-state index >= 15 is 0 Å². The van der Waals surface area contributed by atoms with Gasteiger partial charge >= 0.3 is 6.18 Å². The van der Waals surface area contributed by atoms with E-state index < -0.39 is 17.3 Å². The Labute approximate surface area is 176 Å². The largest absolute Gasteiger partial charge is 0.416 e. The fourth-order valence-electron chi connectivity index (χ4n) is 5.52. The molecule has 2 atom stereocenters. The van der Waals surface area contributed by atoms with E-state index in [1.54, 1.807) is 0 Å². The Bertz CT molecular complexity index is 875. The van der Waals surface area contributed by atoms with Crippen LogP contribution in [0.4, 0.5) is 13.2 Å². The summed E-state index contributed by atoms with van der Waals surface area (Å²) in [6.45, 7) is 3.72. The summed E-state index contributed by atoms with van der Waals surface area (Å²) in [6, 6.07) is 5.06. The van der Waals surface area contributed by atoms with E-state index in [0.29, 0.717) is 29.2 Å². The molecule has 0 aliphatic heterocycles. The Hall–Kier alpha value is -2.07. The fourth-order valence-corrected chi connectivity index (χ4v) is 5.52. The minimum Gasteiger partial charge on any atom is -0.367 e. The SMILES string of the molecule is [2H]C12CC3CC(C1)C(NC(=NC#N)C(C)(C)OCc1ccc(C(F)(F)F)cc1)C(C3)C2. The number of nitrogens with one attached hydrogen (secondary N) is 1. The van der Waals surface area contributed by atoms with E-state index in [2.05, 4.69) is 10.3 Å². The first-order valence-electron chi connectivity index (χ1n) is 11.0. The number of aliphatic imine (C=N–C) groups is 1. The topological polar surface area (TPSA) is 57.4 Å². The van der Waals surface area contributed by atoms with Crippen molar-refractivity contribution in [3.05, 3.63) is 35.4 Å². The van der Waals surface area contributed by atoms with Crippen molar-refractivity contribution in [3.63, 3.8) is 0 Å². The van der Waals surface area contributed by atoms with Crippen LogP contribution in [-0.2, 0) is 17.5 Å². The molecule has 4 saturated carbocycles. The molecule has 30 heavy (non-hydrogen) atoms. The van der Waals surface area contributed by atoms with Crippen LogP contribution in [0.15, 0.2) is 29.3 Å². The molecule has 2 unspecified atom stereocenters. The highest BCUT2D eigenvalue weighted by Gasteiger charge is 2.49. The maximum Gasteiger partial charge on any atom is 0.416 e. The van der Waals surface area contributed by atoms with E-state index in [1.165, 1.54) is 12.1 Å². The normalized spacial score (nSPS) is 33.9. The lowest BCUT2D eigenvalue weighted by molar-refractivity contribution is -0.137. The first-order chi connectivity index (χ1) is 14.5. The van der Waals surface area contributed by atoms with Crippen molar-refractivity contribution >= 4 is 5.84 Å². The number of halogens is 3. The van der Waals surface area contributed by atoms with Crippen molar-refractivity contribution in [2.24, 2.45) is 28.6 Å². The number of nitrogens with zero attached hydrogens (tertiary/aromatic N) is 2. The first-order valence-corrected chi connectivity index (χ1v) is 10.5. The molecule has 7 heteroatoms. The van der Waals surface area contributed by atoms with Gasteiger partial charge in [0.05, 0.1) is 12.2 Å². The smallest absolute Gasteiger partial charge is 0.367 e. The number of alkyl halides is 3. The molecule has 4 fully saturated rings. The second kappa shape index (κ2) is 7.88. The van der Waals surface area contributed by atoms with Gasteiger partial charge in [0.1, 0.15) is 11.4 Å². The van der Waals surface area contributed by atoms with Gasteiger partial charge in [0.25, 0.3) is 0 Å². The van der Waals surface area contributed by atoms with Crippen LogP contribution in [0.3, 0.4) is 0 Å². The van der Waals surface area contributed by atoms with Crippen LogP contribution in [-0.4, -0.2) is 17.5 Å². The molecule has 162 valence electrons. The van der Waals surface area contributed by atoms with Crippen LogP contribution in [0.1, 0.15) is 58.4 Å². The zero-order valence-electron chi connectivity index (χ0n) is 18.3. The Balaban J connectivity index is 1.43. The van der Waals surface area contributed by atoms with Gasteiger partial charge in [0, 0.05) is 7.41 Å². The predicted molar refractivity (Wildman–Crippen MR) is 107 cm³/mol. The molecule has 4 bridgehead atoms. The predicted octanol–water partition coefficient (Wildman–Crippen LogP) is 5.29. The highest BCUT2D eigenvalue weighted by molar-refractivity contribution is 5.90. The Morgan fingerprint density at radius 2 is 1.80 bits per heavy atom. The molecule has 1 N–H and O–H groups in total. The summed E-state index contributed by atoms with van der Waals surface area (Å²) >= 11 is 0. The van der Waals surface area contributed by atoms with Gasteiger partial charge in [-0.2, -0.15) is 23.4 Å². The number of hydrogen-bond donors (Lipinski definition) is 1. The molecular weight excluding hydrogens is 391 g/mol. The lowest BCUT2D eigenvalue weighted by Gasteiger charge is -2.55. The Kier molecular flexibility index (Phi) is 5.22. The minimum absolute atomic E-state index is 0.104. The number of nitriles is 1. The molecule has 4 nitrogen and oxygen atoms in total. The van der Waals surface area contributed by atoms with Crippen molar-refractivity contribution in [2.75, 3.05) is 0 Å². The van der Waals surface area contributed by atoms with Gasteiger partial charge < -0.3 is 10.1 Å². The Morgan fingerprint density at radius 1 is 1.17 bits per heavy atom. The van der Waals surface area contributed by atoms with E-state index in [-0.39, 0.29) is 18.5 Å². The van der Waals surface area contributed by atoms with Gasteiger partial charge in [-0.15, -0.1) is 0 Å². The molecule has 4 aliphatic carbocycles. The van der Waals surface area contributed by atoms with Crippen molar-refractivity contribution in [1.82, 2.24) is 5.32 Å². The monoisotopic (exact) mass is 420 g/mol. The van der Waals surface area contributed by atoms with Gasteiger partial charge in [-0.25, -0.2) is 0 Å². The lowest BCUT2D eigenvalue weighted by atomic mass is 9.54. The molecule has 1 aromatic rings. The summed E-state index contributed by atoms with van der Waals surface area (Å²) < 4.78 is 53.0. The summed E-state index contributed by atoms with van der Waals surface area (Å²) in [4.78, 5) is 4.01. The van der Waals surface area contributed by atoms with Crippen LogP contribution < -0.4 is 5.32 Å². The summed E-state index contributed by atoms with van der Waals surface area (Å²) in [5.41, 5.74) is -0.993. The fraction of sp³-hybridized carbons (Fsp3) is 0.652. The summed E-state index contributed by atoms with van der Waals surface area (Å²) in [6.07, 6.45) is 2.48. The third-order valence-corrected chi connectivity index (χ3v) is 6.88. The average molecular weight is 420 g/mol. The maximum absolute atomic E-state index is 12.8. The molecule has 0 saturated heterocycles. The van der Waals surface area contributed by atoms with Gasteiger partial charge in [-0.3, -0.25) is 0 Å². The second-order valence-corrected chi connectivity index (χ2v) is 9.44. The molecular formula is C23H28F3N3O. The van der Waals surface area contributed by atoms with Crippen molar-refractivity contribution in [3.8, 4) is 6.19 Å². The molecule has 1 aromatic carbocycles. The zero-order valence-corrected chi connectivity index (χ0v) is 17.3. The summed E-state index contributed by atoms with van der Waals surface area (Å²) in [5.74, 6) is 1.58. The zero-order chi connectivity index (χ0) is 22.4. The van der Waals surface area contributed by atoms with Crippen LogP contribution in [0.25, 0.3) is 0 Å². The number of hydrogen-bond acceptors (Lipinski definition) is 3. The molecule has 5 rings (SSSR count). The molecule has 0 amide bonds. The van der Waals surface area contributed by atoms with Gasteiger partial charge in [-0.05, 0) is 87.3 Å². The van der Waals surface area contributed by atoms with E-state index in [0.717, 1.165) is 44.2 Å². The average Bonchev–Trinajstić information content (AvgIpc) is 2.66. The van der Waals surface area contributed by atoms with Gasteiger partial charge in [-0.1, -0.05) is 12.1 Å². The number of amidine groups is 1. The number of benzene rings is 1. The standard InChI is InChI=1S/C23H28F3N3O/c1-22(2,30-12-14-3-5-19(6-4-14)23(24,25)26)21(28-13-27)29-20-17-8-15-7-16(10-17)11-18(20)9-15/h3-6,15-18,20H,7-12H2,1-2H3,(H,28,29)/i15D. The van der Waals surface area contributed by atoms with Gasteiger partial charge in [0.15, 0.2) is 0 Å². The second-order valence-electron chi connectivity index (χ2n) is 9.44. The Morgan fingerprint density at radius 3 is 2.33 bits per heavy atom. The van der Waals surface area contributed by atoms with Crippen molar-refractivity contribution in [1.29, 1.82) is 5.26 Å². The quantitative estimate of drug-likeness (QED) is 0.400. The molecule has 4 aliphatic rings. The minimum atomic E-state index is -4.37. The van der Waals surface area contributed by atoms with Crippen molar-refractivity contribution < 1.29 is 19.3 Å². The molecule has 0 radical (unpaired) electrons. The maximum atomic E-state index is 12.8. The number of rotatable bonds is 5. The van der Waals surface area contributed by atoms with Gasteiger partial charge in [0.2, 0.25) is 6.19 Å². The third kappa shape index (κ3) is 4.34. The third-order valence-electron chi connectivity index (χ3n) is 6.88. The van der Waals surface area contributed by atoms with Crippen LogP contribution >= 0.6 is 0 Å². The highest BCUT2D eigenvalue weighted by atomic mass is 19.4. The molecule has 0 aromatic heterocycles.